The zero-order chi connectivity index (χ0) is 59.1. The van der Waals surface area contributed by atoms with Gasteiger partial charge in [-0.3, -0.25) is 4.79 Å². The van der Waals surface area contributed by atoms with Gasteiger partial charge in [-0.1, -0.05) is 65.5 Å². The Hall–Kier alpha value is -7.14. The number of hydrogen-bond acceptors (Lipinski definition) is 15. The first kappa shape index (κ1) is 59.6. The Labute approximate surface area is 512 Å². The molecule has 0 N–H and O–H groups in total. The monoisotopic (exact) mass is 1230 g/mol. The van der Waals surface area contributed by atoms with Crippen LogP contribution < -0.4 is 29.9 Å². The highest BCUT2D eigenvalue weighted by atomic mass is 35.5. The summed E-state index contributed by atoms with van der Waals surface area (Å²) in [6, 6.07) is 34.9. The first-order chi connectivity index (χ1) is 41.2. The second kappa shape index (κ2) is 26.6. The molecule has 3 aromatic heterocycles. The lowest BCUT2D eigenvalue weighted by molar-refractivity contribution is -0.190. The Balaban J connectivity index is 0.000000186. The number of amides is 1. The van der Waals surface area contributed by atoms with Crippen molar-refractivity contribution in [1.29, 1.82) is 0 Å². The molecule has 0 bridgehead atoms. The van der Waals surface area contributed by atoms with Crippen LogP contribution in [-0.4, -0.2) is 140 Å². The van der Waals surface area contributed by atoms with E-state index in [2.05, 4.69) is 59.1 Å². The SMILES string of the molecule is CC(=O)N1CCN(c2ccc(OCC3COC(Cn4ccnc4)(c4ccc(Cl)cc4Cl)O3)cc2)CC1.CCC(C)n1ncn(-c2ccc(N3CCN(c4ccc(OC[C@H]5CO[C@](Cn6cncn6)(c6ccc(Cl)cc6Cl)O5)cc4)CC3)cc2)c1=O. The highest BCUT2D eigenvalue weighted by Crippen LogP contribution is 2.42. The molecule has 0 spiro atoms. The minimum atomic E-state index is -1.16. The van der Waals surface area contributed by atoms with Crippen LogP contribution in [0.3, 0.4) is 0 Å². The maximum Gasteiger partial charge on any atom is 0.350 e. The van der Waals surface area contributed by atoms with E-state index in [0.717, 1.165) is 93.0 Å². The Morgan fingerprint density at radius 3 is 1.58 bits per heavy atom. The van der Waals surface area contributed by atoms with Crippen molar-refractivity contribution in [1.82, 2.24) is 43.6 Å². The highest BCUT2D eigenvalue weighted by Gasteiger charge is 2.47. The second-order valence-corrected chi connectivity index (χ2v) is 23.0. The van der Waals surface area contributed by atoms with Gasteiger partial charge in [-0.2, -0.15) is 10.2 Å². The Morgan fingerprint density at radius 2 is 1.12 bits per heavy atom. The molecule has 0 saturated carbocycles. The predicted octanol–water partition coefficient (Wildman–Crippen LogP) is 9.78. The molecule has 1 amide bonds. The van der Waals surface area contributed by atoms with Gasteiger partial charge < -0.3 is 52.6 Å². The molecular formula is C61H66Cl4N12O8. The van der Waals surface area contributed by atoms with Gasteiger partial charge in [0.1, 0.15) is 62.4 Å². The standard InChI is InChI=1S/C35H38Cl2N8O4.C26H28Cl2N4O4/c1-3-25(2)45-34(46)44(24-40-45)29-7-5-27(6-8-29)41-14-16-42(17-15-41)28-9-11-30(12-10-28)47-19-31-20-48-35(49-31,21-43-23-38-22-39-43)32-13-4-26(36)18-33(32)37;1-19(33)31-10-12-32(13-11-31)21-3-5-22(6-4-21)34-15-23-16-35-26(36-23,17-30-9-8-29-18-30)24-7-2-20(27)14-25(24)28/h4-13,18,22-25,31H,3,14-17,19-21H2,1-2H3;2-9,14,18,23H,10-13,15-17H2,1H3/t25?,31-,35-;/m0./s1. The molecule has 20 nitrogen and oxygen atoms in total. The second-order valence-electron chi connectivity index (χ2n) is 21.3. The summed E-state index contributed by atoms with van der Waals surface area (Å²) in [7, 11) is 0. The van der Waals surface area contributed by atoms with E-state index in [1.54, 1.807) is 65.6 Å². The van der Waals surface area contributed by atoms with E-state index in [1.807, 2.05) is 90.2 Å². The number of rotatable bonds is 18. The molecule has 0 radical (unpaired) electrons. The minimum Gasteiger partial charge on any atom is -0.491 e. The molecule has 85 heavy (non-hydrogen) atoms. The quantitative estimate of drug-likeness (QED) is 0.0794. The van der Waals surface area contributed by atoms with Crippen LogP contribution in [0.5, 0.6) is 11.5 Å². The van der Waals surface area contributed by atoms with Gasteiger partial charge in [0.25, 0.3) is 0 Å². The van der Waals surface area contributed by atoms with Crippen molar-refractivity contribution < 1.29 is 33.2 Å². The van der Waals surface area contributed by atoms with Crippen molar-refractivity contribution in [3.8, 4) is 17.2 Å². The van der Waals surface area contributed by atoms with Crippen LogP contribution in [0.1, 0.15) is 44.4 Å². The maximum atomic E-state index is 12.8. The number of benzene rings is 5. The molecule has 3 unspecified atom stereocenters. The van der Waals surface area contributed by atoms with Crippen LogP contribution >= 0.6 is 46.4 Å². The largest absolute Gasteiger partial charge is 0.491 e. The molecule has 0 aliphatic carbocycles. The molecule has 5 atom stereocenters. The fourth-order valence-corrected chi connectivity index (χ4v) is 11.9. The Kier molecular flexibility index (Phi) is 18.7. The first-order valence-electron chi connectivity index (χ1n) is 28.3. The van der Waals surface area contributed by atoms with Gasteiger partial charge in [-0.05, 0) is 110 Å². The zero-order valence-electron chi connectivity index (χ0n) is 47.3. The predicted molar refractivity (Wildman–Crippen MR) is 326 cm³/mol. The summed E-state index contributed by atoms with van der Waals surface area (Å²) >= 11 is 25.4. The van der Waals surface area contributed by atoms with E-state index >= 15 is 0 Å². The van der Waals surface area contributed by atoms with Crippen molar-refractivity contribution in [3.63, 3.8) is 0 Å². The van der Waals surface area contributed by atoms with Gasteiger partial charge in [0, 0.05) is 110 Å². The fourth-order valence-electron chi connectivity index (χ4n) is 10.8. The number of carbonyl (C=O) groups is 1. The van der Waals surface area contributed by atoms with Crippen LogP contribution in [-0.2, 0) is 48.4 Å². The van der Waals surface area contributed by atoms with Crippen molar-refractivity contribution in [3.05, 3.63) is 189 Å². The zero-order valence-corrected chi connectivity index (χ0v) is 50.4. The molecule has 7 heterocycles. The average molecular weight is 1240 g/mol. The van der Waals surface area contributed by atoms with E-state index in [9.17, 15) is 9.59 Å². The third-order valence-corrected chi connectivity index (χ3v) is 16.8. The van der Waals surface area contributed by atoms with Crippen LogP contribution in [0.4, 0.5) is 17.1 Å². The number of imidazole rings is 1. The van der Waals surface area contributed by atoms with Gasteiger partial charge in [-0.25, -0.2) is 28.7 Å². The van der Waals surface area contributed by atoms with Gasteiger partial charge in [0.15, 0.2) is 0 Å². The third-order valence-electron chi connectivity index (χ3n) is 15.7. The molecule has 4 fully saturated rings. The summed E-state index contributed by atoms with van der Waals surface area (Å²) in [5.74, 6) is -0.611. The van der Waals surface area contributed by atoms with Crippen LogP contribution in [0, 0.1) is 0 Å². The number of piperazine rings is 2. The summed E-state index contributed by atoms with van der Waals surface area (Å²) in [5, 5.41) is 10.5. The van der Waals surface area contributed by atoms with Crippen LogP contribution in [0.15, 0.2) is 152 Å². The van der Waals surface area contributed by atoms with E-state index < -0.39 is 11.6 Å². The molecule has 5 aromatic carbocycles. The number of carbonyl (C=O) groups excluding carboxylic acids is 1. The first-order valence-corrected chi connectivity index (χ1v) is 29.8. The molecule has 446 valence electrons. The minimum absolute atomic E-state index is 0.0645. The van der Waals surface area contributed by atoms with Crippen molar-refractivity contribution in [2.45, 2.75) is 70.1 Å². The number of hydrogen-bond donors (Lipinski definition) is 0. The van der Waals surface area contributed by atoms with Gasteiger partial charge >= 0.3 is 5.69 Å². The summed E-state index contributed by atoms with van der Waals surface area (Å²) in [4.78, 5) is 41.4. The van der Waals surface area contributed by atoms with Gasteiger partial charge in [-0.15, -0.1) is 0 Å². The topological polar surface area (TPSA) is 174 Å². The van der Waals surface area contributed by atoms with Crippen LogP contribution in [0.25, 0.3) is 5.69 Å². The lowest BCUT2D eigenvalue weighted by Gasteiger charge is -2.37. The number of aromatic nitrogens is 8. The normalized spacial score (nSPS) is 21.0. The molecular weight excluding hydrogens is 1170 g/mol. The van der Waals surface area contributed by atoms with E-state index in [0.29, 0.717) is 64.2 Å². The fraction of sp³-hybridized carbons (Fsp3) is 0.377. The summed E-state index contributed by atoms with van der Waals surface area (Å²) in [6.07, 6.45) is 10.2. The number of halogens is 4. The molecule has 12 rings (SSSR count). The summed E-state index contributed by atoms with van der Waals surface area (Å²) < 4.78 is 44.3. The van der Waals surface area contributed by atoms with E-state index in [1.165, 1.54) is 11.0 Å². The number of nitrogens with zero attached hydrogens (tertiary/aromatic N) is 12. The summed E-state index contributed by atoms with van der Waals surface area (Å²) in [5.41, 5.74) is 5.46. The van der Waals surface area contributed by atoms with E-state index in [-0.39, 0.29) is 36.4 Å². The Bertz CT molecular complexity index is 3540. The van der Waals surface area contributed by atoms with E-state index in [4.69, 9.17) is 74.8 Å². The molecule has 4 saturated heterocycles. The molecule has 4 aliphatic rings. The molecule has 8 aromatic rings. The van der Waals surface area contributed by atoms with Gasteiger partial charge in [0.2, 0.25) is 17.5 Å². The third kappa shape index (κ3) is 13.9. The number of anilines is 3. The lowest BCUT2D eigenvalue weighted by Crippen LogP contribution is -2.48. The Morgan fingerprint density at radius 1 is 0.624 bits per heavy atom. The molecule has 24 heteroatoms. The molecule has 4 aliphatic heterocycles. The number of ether oxygens (including phenoxy) is 6. The maximum absolute atomic E-state index is 12.8. The average Bonchev–Trinajstić information content (AvgIpc) is 2.66. The van der Waals surface area contributed by atoms with Crippen molar-refractivity contribution in [2.75, 3.05) is 93.5 Å². The lowest BCUT2D eigenvalue weighted by atomic mass is 10.1. The van der Waals surface area contributed by atoms with Crippen molar-refractivity contribution in [2.24, 2.45) is 0 Å². The summed E-state index contributed by atoms with van der Waals surface area (Å²) in [6.45, 7) is 14.3. The van der Waals surface area contributed by atoms with Gasteiger partial charge in [0.05, 0.1) is 47.9 Å². The van der Waals surface area contributed by atoms with Crippen LogP contribution in [0.2, 0.25) is 20.1 Å². The van der Waals surface area contributed by atoms with Crippen molar-refractivity contribution >= 4 is 69.4 Å². The smallest absolute Gasteiger partial charge is 0.350 e. The highest BCUT2D eigenvalue weighted by molar-refractivity contribution is 6.35.